The molecule has 140 heavy (non-hydrogen) atoms. The average Bonchev–Trinajstić information content (AvgIpc) is 1.77. The predicted molar refractivity (Wildman–Crippen MR) is 571 cm³/mol. The molecule has 4 heterocycles. The van der Waals surface area contributed by atoms with Crippen LogP contribution in [0.2, 0.25) is 0 Å². The second kappa shape index (κ2) is 61.7. The van der Waals surface area contributed by atoms with Gasteiger partial charge in [-0.2, -0.15) is 0 Å². The first-order valence-corrected chi connectivity index (χ1v) is 50.0. The Bertz CT molecular complexity index is 5680. The van der Waals surface area contributed by atoms with Gasteiger partial charge in [-0.3, -0.25) is 39.1 Å². The Morgan fingerprint density at radius 3 is 0.971 bits per heavy atom. The van der Waals surface area contributed by atoms with Crippen LogP contribution >= 0.6 is 0 Å². The van der Waals surface area contributed by atoms with Crippen molar-refractivity contribution < 1.29 is 120 Å². The third-order valence-corrected chi connectivity index (χ3v) is 25.2. The van der Waals surface area contributed by atoms with E-state index in [9.17, 15) is 34.5 Å². The summed E-state index contributed by atoms with van der Waals surface area (Å²) in [6.45, 7) is 47.5. The largest absolute Gasteiger partial charge is 0.512 e. The van der Waals surface area contributed by atoms with Gasteiger partial charge < -0.3 is 20.4 Å². The van der Waals surface area contributed by atoms with E-state index >= 15 is 0 Å². The van der Waals surface area contributed by atoms with Crippen LogP contribution in [0.15, 0.2) is 217 Å². The van der Waals surface area contributed by atoms with Crippen LogP contribution in [-0.2, 0) is 99.6 Å². The van der Waals surface area contributed by atoms with Gasteiger partial charge in [0.05, 0.1) is 45.1 Å². The number of carbonyl (C=O) groups excluding carboxylic acids is 4. The van der Waals surface area contributed by atoms with E-state index in [1.807, 2.05) is 83.1 Å². The maximum atomic E-state index is 11.7. The maximum Gasteiger partial charge on any atom is 0.162 e. The number of aliphatic hydroxyl groups is 4. The molecule has 0 aliphatic heterocycles. The van der Waals surface area contributed by atoms with Gasteiger partial charge in [0, 0.05) is 147 Å². The molecular weight excluding hydrogens is 2440 g/mol. The zero-order chi connectivity index (χ0) is 99.6. The minimum atomic E-state index is -0.125. The van der Waals surface area contributed by atoms with Crippen molar-refractivity contribution >= 4 is 66.7 Å². The summed E-state index contributed by atoms with van der Waals surface area (Å²) in [5.41, 5.74) is 28.2. The smallest absolute Gasteiger partial charge is 0.162 e. The first-order valence-electron chi connectivity index (χ1n) is 50.0. The number of benzene rings is 8. The van der Waals surface area contributed by atoms with Crippen LogP contribution in [0.1, 0.15) is 317 Å². The minimum absolute atomic E-state index is 0. The number of aryl methyl sites for hydroxylation is 8. The van der Waals surface area contributed by atoms with Gasteiger partial charge >= 0.3 is 0 Å². The Hall–Kier alpha value is -9.16. The molecule has 0 atom stereocenters. The third-order valence-electron chi connectivity index (χ3n) is 25.2. The van der Waals surface area contributed by atoms with Crippen LogP contribution < -0.4 is 0 Å². The average molecular weight is 2600 g/mol. The van der Waals surface area contributed by atoms with Gasteiger partial charge in [0.1, 0.15) is 0 Å². The van der Waals surface area contributed by atoms with Gasteiger partial charge in [-0.25, -0.2) is 0 Å². The SMILES string of the molecule is CC(=O)C=C(C)O.CC(C)C(=O)C=C(O)C(C)C.CC(C)CC(=O)C=C(O)CC(C)C.CCC(CC)C(=O)C=C(O)C(CC)CC.Cc1[c-]c(-c2ccc3c(C(C)C)cccc3n2)cc(C)c1.Cc1[c-]c(-c2ccc3cc(C4CCCC4)ccc3n2)cc(C)c1.Cc1[c-]c(-c2ccc3cc(C4CCCC4)ccc3n2)cc(C)c1.Cc1[c-]c(-c2ccc3cc(C4CCCC4)ccc3n2)cc(C)c1.[Ir].[Ir].[Ir].[Ir]. The zero-order valence-electron chi connectivity index (χ0n) is 87.5. The van der Waals surface area contributed by atoms with E-state index in [4.69, 9.17) is 25.0 Å². The van der Waals surface area contributed by atoms with Crippen LogP contribution in [0.5, 0.6) is 0 Å². The molecule has 758 valence electrons. The molecule has 3 aliphatic rings. The maximum absolute atomic E-state index is 11.7. The Morgan fingerprint density at radius 2 is 0.686 bits per heavy atom. The molecular formula is C124H154Ir4N4O8-4. The van der Waals surface area contributed by atoms with Crippen molar-refractivity contribution in [2.75, 3.05) is 0 Å². The number of carbonyl (C=O) groups is 4. The number of nitrogens with zero attached hydrogens (tertiary/aromatic N) is 4. The summed E-state index contributed by atoms with van der Waals surface area (Å²) in [4.78, 5) is 63.4. The number of hydrogen-bond acceptors (Lipinski definition) is 12. The summed E-state index contributed by atoms with van der Waals surface area (Å²) >= 11 is 0. The number of ketones is 4. The summed E-state index contributed by atoms with van der Waals surface area (Å²) in [6.07, 6.45) is 26.2. The molecule has 8 aromatic carbocycles. The number of pyridine rings is 4. The van der Waals surface area contributed by atoms with Crippen LogP contribution in [0, 0.1) is 115 Å². The second-order valence-electron chi connectivity index (χ2n) is 39.6. The molecule has 4 aromatic heterocycles. The molecule has 0 unspecified atom stereocenters. The van der Waals surface area contributed by atoms with Crippen LogP contribution in [-0.4, -0.2) is 63.5 Å². The van der Waals surface area contributed by atoms with Gasteiger partial charge in [-0.1, -0.05) is 270 Å². The third kappa shape index (κ3) is 40.2. The van der Waals surface area contributed by atoms with E-state index < -0.39 is 0 Å². The topological polar surface area (TPSA) is 201 Å². The summed E-state index contributed by atoms with van der Waals surface area (Å²) < 4.78 is 0. The number of rotatable bonds is 24. The molecule has 4 N–H and O–H groups in total. The number of allylic oxidation sites excluding steroid dienone is 8. The van der Waals surface area contributed by atoms with Crippen LogP contribution in [0.3, 0.4) is 0 Å². The van der Waals surface area contributed by atoms with Crippen molar-refractivity contribution in [1.29, 1.82) is 0 Å². The quantitative estimate of drug-likeness (QED) is 0.0254. The van der Waals surface area contributed by atoms with Crippen LogP contribution in [0.4, 0.5) is 0 Å². The summed E-state index contributed by atoms with van der Waals surface area (Å²) in [6, 6.07) is 75.0. The molecule has 3 saturated carbocycles. The first-order chi connectivity index (χ1) is 64.7. The molecule has 12 aromatic rings. The fourth-order valence-electron chi connectivity index (χ4n) is 18.1. The van der Waals surface area contributed by atoms with E-state index in [0.29, 0.717) is 30.6 Å². The molecule has 0 amide bonds. The Labute approximate surface area is 893 Å². The molecule has 15 rings (SSSR count). The molecule has 3 fully saturated rings. The number of fused-ring (bicyclic) bond motifs is 4. The van der Waals surface area contributed by atoms with Crippen molar-refractivity contribution in [2.45, 2.75) is 305 Å². The van der Waals surface area contributed by atoms with Gasteiger partial charge in [0.2, 0.25) is 0 Å². The van der Waals surface area contributed by atoms with Gasteiger partial charge in [-0.15, -0.1) is 140 Å². The van der Waals surface area contributed by atoms with Gasteiger partial charge in [0.25, 0.3) is 0 Å². The molecule has 4 radical (unpaired) electrons. The summed E-state index contributed by atoms with van der Waals surface area (Å²) in [7, 11) is 0. The molecule has 3 aliphatic carbocycles. The monoisotopic (exact) mass is 2600 g/mol. The van der Waals surface area contributed by atoms with Crippen LogP contribution in [0.25, 0.3) is 88.6 Å². The normalized spacial score (nSPS) is 13.4. The van der Waals surface area contributed by atoms with E-state index in [1.165, 1.54) is 198 Å². The van der Waals surface area contributed by atoms with E-state index in [0.717, 1.165) is 116 Å². The molecule has 16 heteroatoms. The first kappa shape index (κ1) is 123. The molecule has 12 nitrogen and oxygen atoms in total. The minimum Gasteiger partial charge on any atom is -0.512 e. The van der Waals surface area contributed by atoms with E-state index in [-0.39, 0.29) is 150 Å². The molecule has 0 spiro atoms. The summed E-state index contributed by atoms with van der Waals surface area (Å²) in [5.74, 6) is 4.40. The molecule has 0 bridgehead atoms. The van der Waals surface area contributed by atoms with Crippen molar-refractivity contribution in [3.63, 3.8) is 0 Å². The predicted octanol–water partition coefficient (Wildman–Crippen LogP) is 33.7. The fraction of sp³-hybridized carbons (Fsp3) is 0.419. The number of hydrogen-bond donors (Lipinski definition) is 4. The Morgan fingerprint density at radius 1 is 0.357 bits per heavy atom. The van der Waals surface area contributed by atoms with Gasteiger partial charge in [-0.05, 0) is 217 Å². The van der Waals surface area contributed by atoms with Crippen molar-refractivity contribution in [2.24, 2.45) is 35.5 Å². The zero-order valence-corrected chi connectivity index (χ0v) is 97.1. The van der Waals surface area contributed by atoms with E-state index in [1.54, 1.807) is 0 Å². The van der Waals surface area contributed by atoms with E-state index in [2.05, 4.69) is 263 Å². The number of aliphatic hydroxyl groups excluding tert-OH is 4. The standard InChI is InChI=1S/3C22H22N.C20H20N.C13H24O2.C11H20O2.C9H16O2.C5H8O2.4Ir/c3*1-15-11-16(2)13-20(12-15)22-10-8-19-14-18(7-9-21(19)23-22)17-5-3-4-6-17;1-13(2)17-6-5-7-20-18(17)8-9-19(21-20)16-11-14(3)10-15(4)12-16;1-5-10(6-2)12(14)9-13(15)11(7-3)8-4;1-8(2)5-10(12)7-11(13)6-9(3)4;1-6(2)8(10)5-9(11)7(3)4;1-4(6)3-5(2)7;;;;/h3*7-12,14,17H,3-6H2,1-2H3;5-11,13H,1-4H3;9-11,14H,5-8H2,1-4H3;7-9,12H,5-6H2,1-4H3;5-7,10H,1-4H3;3,6H,1-2H3;;;;/q4*-1;;;;;;;;. The Balaban J connectivity index is 0.000000340. The Kier molecular flexibility index (Phi) is 54.3. The number of aromatic nitrogens is 4. The summed E-state index contributed by atoms with van der Waals surface area (Å²) in [5, 5.41) is 41.7. The van der Waals surface area contributed by atoms with Crippen molar-refractivity contribution in [3.8, 4) is 45.0 Å². The fourth-order valence-corrected chi connectivity index (χ4v) is 18.1. The second-order valence-corrected chi connectivity index (χ2v) is 39.6. The molecule has 0 saturated heterocycles. The van der Waals surface area contributed by atoms with Gasteiger partial charge in [0.15, 0.2) is 23.1 Å². The van der Waals surface area contributed by atoms with Crippen molar-refractivity contribution in [3.05, 3.63) is 308 Å². The van der Waals surface area contributed by atoms with Crippen molar-refractivity contribution in [1.82, 2.24) is 19.9 Å².